The van der Waals surface area contributed by atoms with Crippen molar-refractivity contribution < 1.29 is 34.4 Å². The van der Waals surface area contributed by atoms with Gasteiger partial charge in [0, 0.05) is 24.7 Å². The summed E-state index contributed by atoms with van der Waals surface area (Å²) in [7, 11) is 0. The molecule has 2 heterocycles. The Morgan fingerprint density at radius 1 is 1.15 bits per heavy atom. The Labute approximate surface area is 247 Å². The number of cyclic esters (lactones) is 1. The molecule has 9 atom stereocenters. The van der Waals surface area contributed by atoms with Crippen LogP contribution in [-0.4, -0.2) is 57.3 Å². The summed E-state index contributed by atoms with van der Waals surface area (Å²) < 4.78 is 12.2. The maximum Gasteiger partial charge on any atom is 0.311 e. The lowest BCUT2D eigenvalue weighted by Crippen LogP contribution is -2.45. The van der Waals surface area contributed by atoms with E-state index in [1.807, 2.05) is 73.6 Å². The molecule has 0 aromatic carbocycles. The number of hydrogen-bond acceptors (Lipinski definition) is 7. The van der Waals surface area contributed by atoms with E-state index in [-0.39, 0.29) is 36.4 Å². The largest absolute Gasteiger partial charge is 0.462 e. The van der Waals surface area contributed by atoms with E-state index in [1.54, 1.807) is 6.08 Å². The van der Waals surface area contributed by atoms with Crippen molar-refractivity contribution in [2.75, 3.05) is 0 Å². The maximum absolute atomic E-state index is 13.3. The third-order valence-electron chi connectivity index (χ3n) is 8.60. The van der Waals surface area contributed by atoms with Crippen molar-refractivity contribution >= 4 is 11.8 Å². The Morgan fingerprint density at radius 2 is 1.80 bits per heavy atom. The van der Waals surface area contributed by atoms with Crippen molar-refractivity contribution in [1.82, 2.24) is 0 Å². The number of ketones is 1. The van der Waals surface area contributed by atoms with Crippen LogP contribution in [0.15, 0.2) is 47.1 Å². The van der Waals surface area contributed by atoms with Crippen LogP contribution in [0.2, 0.25) is 0 Å². The molecular formula is C34H54O7. The molecule has 0 spiro atoms. The lowest BCUT2D eigenvalue weighted by Gasteiger charge is -2.38. The van der Waals surface area contributed by atoms with Gasteiger partial charge in [-0.25, -0.2) is 0 Å². The summed E-state index contributed by atoms with van der Waals surface area (Å²) in [6.07, 6.45) is 10.0. The standard InChI is InChI=1S/C34H54O7/c1-9-29(36)25(6)18-21(2)19-26(7)33-27(8)31(38)22(3)14-15-28(35)13-11-10-12-23(4)32-24(5)16-17-34(39,41-32)20-30(37)40-33/h12,14-16,18,21-22,26-28,31-33,35,38-39H,9-11,13,17,19-20H2,1-8H3/b15-14?,23-12?,25-18+/t21-,22-,26+,27-,28+,31+,32-,33-,34-/m1/s1. The second-order valence-corrected chi connectivity index (χ2v) is 12.6. The van der Waals surface area contributed by atoms with Crippen molar-refractivity contribution in [2.45, 2.75) is 131 Å². The molecule has 2 bridgehead atoms. The van der Waals surface area contributed by atoms with Gasteiger partial charge in [-0.05, 0) is 75.0 Å². The topological polar surface area (TPSA) is 113 Å². The zero-order valence-corrected chi connectivity index (χ0v) is 26.4. The van der Waals surface area contributed by atoms with Gasteiger partial charge in [0.1, 0.15) is 12.2 Å². The molecule has 0 aromatic rings. The summed E-state index contributed by atoms with van der Waals surface area (Å²) in [4.78, 5) is 25.5. The van der Waals surface area contributed by atoms with Gasteiger partial charge in [-0.1, -0.05) is 65.0 Å². The molecule has 41 heavy (non-hydrogen) atoms. The monoisotopic (exact) mass is 574 g/mol. The molecule has 0 unspecified atom stereocenters. The van der Waals surface area contributed by atoms with E-state index in [9.17, 15) is 24.9 Å². The molecule has 3 N–H and O–H groups in total. The van der Waals surface area contributed by atoms with Gasteiger partial charge in [0.15, 0.2) is 11.6 Å². The fraction of sp³-hybridized carbons (Fsp3) is 0.706. The van der Waals surface area contributed by atoms with Crippen molar-refractivity contribution in [3.8, 4) is 0 Å². The number of ether oxygens (including phenoxy) is 2. The number of allylic oxidation sites excluding steroid dienone is 3. The molecule has 2 aliphatic rings. The Bertz CT molecular complexity index is 1010. The predicted octanol–water partition coefficient (Wildman–Crippen LogP) is 5.98. The first-order valence-corrected chi connectivity index (χ1v) is 15.4. The summed E-state index contributed by atoms with van der Waals surface area (Å²) in [6.45, 7) is 15.3. The number of aliphatic hydroxyl groups is 3. The molecule has 2 rings (SSSR count). The van der Waals surface area contributed by atoms with Crippen molar-refractivity contribution in [2.24, 2.45) is 23.7 Å². The van der Waals surface area contributed by atoms with E-state index in [4.69, 9.17) is 9.47 Å². The molecule has 232 valence electrons. The summed E-state index contributed by atoms with van der Waals surface area (Å²) in [6, 6.07) is 0. The third kappa shape index (κ3) is 10.6. The fourth-order valence-electron chi connectivity index (χ4n) is 6.05. The van der Waals surface area contributed by atoms with Gasteiger partial charge < -0.3 is 24.8 Å². The summed E-state index contributed by atoms with van der Waals surface area (Å²) in [5.74, 6) is -2.98. The van der Waals surface area contributed by atoms with E-state index >= 15 is 0 Å². The molecule has 7 heteroatoms. The van der Waals surface area contributed by atoms with Crippen LogP contribution < -0.4 is 0 Å². The first kappa shape index (κ1) is 35.1. The van der Waals surface area contributed by atoms with Crippen molar-refractivity contribution in [1.29, 1.82) is 0 Å². The Balaban J connectivity index is 2.38. The molecule has 0 aromatic heterocycles. The normalized spacial score (nSPS) is 34.4. The molecule has 0 saturated carbocycles. The second kappa shape index (κ2) is 16.0. The zero-order valence-electron chi connectivity index (χ0n) is 26.4. The number of carbonyl (C=O) groups excluding carboxylic acids is 2. The molecule has 0 aliphatic carbocycles. The number of hydrogen-bond donors (Lipinski definition) is 3. The van der Waals surface area contributed by atoms with Crippen LogP contribution in [0.3, 0.4) is 0 Å². The predicted molar refractivity (Wildman–Crippen MR) is 162 cm³/mol. The maximum atomic E-state index is 13.3. The van der Waals surface area contributed by atoms with E-state index in [2.05, 4.69) is 6.08 Å². The summed E-state index contributed by atoms with van der Waals surface area (Å²) in [5, 5.41) is 33.1. The first-order chi connectivity index (χ1) is 19.2. The van der Waals surface area contributed by atoms with Crippen molar-refractivity contribution in [3.05, 3.63) is 47.1 Å². The second-order valence-electron chi connectivity index (χ2n) is 12.6. The Morgan fingerprint density at radius 3 is 2.46 bits per heavy atom. The quantitative estimate of drug-likeness (QED) is 0.203. The van der Waals surface area contributed by atoms with Crippen LogP contribution in [0.25, 0.3) is 0 Å². The van der Waals surface area contributed by atoms with Gasteiger partial charge in [-0.2, -0.15) is 0 Å². The zero-order chi connectivity index (χ0) is 30.9. The highest BCUT2D eigenvalue weighted by atomic mass is 16.6. The summed E-state index contributed by atoms with van der Waals surface area (Å²) >= 11 is 0. The molecule has 0 saturated heterocycles. The highest BCUT2D eigenvalue weighted by Crippen LogP contribution is 2.35. The van der Waals surface area contributed by atoms with Crippen LogP contribution in [0, 0.1) is 23.7 Å². The molecule has 0 radical (unpaired) electrons. The third-order valence-corrected chi connectivity index (χ3v) is 8.60. The van der Waals surface area contributed by atoms with Crippen LogP contribution in [0.5, 0.6) is 0 Å². The highest BCUT2D eigenvalue weighted by Gasteiger charge is 2.40. The van der Waals surface area contributed by atoms with Crippen LogP contribution >= 0.6 is 0 Å². The SMILES string of the molecule is CCC(=O)/C(C)=C/[C@@H](C)C[C@H](C)[C@H]1OC(=O)C[C@@]2(O)CC=C(C)[C@H](O2)C(C)=CCCC[C@H](O)C=C[C@@H](C)[C@H](O)[C@H]1C. The number of esters is 1. The van der Waals surface area contributed by atoms with E-state index in [1.165, 1.54) is 0 Å². The number of rotatable bonds is 6. The average Bonchev–Trinajstić information content (AvgIpc) is 2.91. The number of carbonyl (C=O) groups is 2. The molecular weight excluding hydrogens is 520 g/mol. The average molecular weight is 575 g/mol. The van der Waals surface area contributed by atoms with Gasteiger partial charge in [0.25, 0.3) is 0 Å². The lowest BCUT2D eigenvalue weighted by molar-refractivity contribution is -0.230. The first-order valence-electron chi connectivity index (χ1n) is 15.4. The minimum atomic E-state index is -1.70. The molecule has 0 fully saturated rings. The van der Waals surface area contributed by atoms with Gasteiger partial charge in [0.2, 0.25) is 0 Å². The van der Waals surface area contributed by atoms with Crippen LogP contribution in [0.1, 0.15) is 100 Å². The van der Waals surface area contributed by atoms with E-state index in [0.717, 1.165) is 29.6 Å². The lowest BCUT2D eigenvalue weighted by atomic mass is 9.80. The fourth-order valence-corrected chi connectivity index (χ4v) is 6.05. The summed E-state index contributed by atoms with van der Waals surface area (Å²) in [5.41, 5.74) is 2.65. The number of Topliss-reactive ketones (excluding diaryl/α,β-unsaturated/α-hetero) is 1. The van der Waals surface area contributed by atoms with Crippen molar-refractivity contribution in [3.63, 3.8) is 0 Å². The molecule has 0 amide bonds. The van der Waals surface area contributed by atoms with E-state index < -0.39 is 42.1 Å². The molecule has 7 nitrogen and oxygen atoms in total. The highest BCUT2D eigenvalue weighted by molar-refractivity contribution is 5.94. The van der Waals surface area contributed by atoms with Gasteiger partial charge in [-0.15, -0.1) is 0 Å². The van der Waals surface area contributed by atoms with Crippen LogP contribution in [-0.2, 0) is 19.1 Å². The molecule has 2 aliphatic heterocycles. The minimum Gasteiger partial charge on any atom is -0.462 e. The minimum absolute atomic E-state index is 0.0542. The van der Waals surface area contributed by atoms with Crippen LogP contribution in [0.4, 0.5) is 0 Å². The van der Waals surface area contributed by atoms with Gasteiger partial charge in [-0.3, -0.25) is 9.59 Å². The van der Waals surface area contributed by atoms with Gasteiger partial charge >= 0.3 is 5.97 Å². The van der Waals surface area contributed by atoms with Gasteiger partial charge in [0.05, 0.1) is 18.6 Å². The Kier molecular flexibility index (Phi) is 13.7. The Hall–Kier alpha value is -2.06. The number of fused-ring (bicyclic) bond motifs is 2. The van der Waals surface area contributed by atoms with E-state index in [0.29, 0.717) is 19.3 Å². The smallest absolute Gasteiger partial charge is 0.311 e. The number of aliphatic hydroxyl groups excluding tert-OH is 2.